The van der Waals surface area contributed by atoms with Crippen LogP contribution >= 0.6 is 11.3 Å². The quantitative estimate of drug-likeness (QED) is 0.486. The molecule has 1 aromatic heterocycles. The minimum absolute atomic E-state index is 0.141. The van der Waals surface area contributed by atoms with Crippen molar-refractivity contribution in [3.8, 4) is 0 Å². The molecule has 0 atom stereocenters. The fourth-order valence-corrected chi connectivity index (χ4v) is 1.26. The predicted molar refractivity (Wildman–Crippen MR) is 38.8 cm³/mol. The van der Waals surface area contributed by atoms with Crippen LogP contribution < -0.4 is 0 Å². The van der Waals surface area contributed by atoms with E-state index < -0.39 is 5.97 Å². The molecule has 0 bridgehead atoms. The first kappa shape index (κ1) is 7.87. The van der Waals surface area contributed by atoms with Crippen molar-refractivity contribution < 1.29 is 14.3 Å². The SMILES string of the molecule is COC(=O)c1scnc1C=O. The third-order valence-electron chi connectivity index (χ3n) is 1.08. The van der Waals surface area contributed by atoms with Crippen LogP contribution in [0.15, 0.2) is 5.51 Å². The normalized spacial score (nSPS) is 9.18. The fourth-order valence-electron chi connectivity index (χ4n) is 0.584. The van der Waals surface area contributed by atoms with E-state index in [0.29, 0.717) is 6.29 Å². The largest absolute Gasteiger partial charge is 0.465 e. The molecule has 58 valence electrons. The van der Waals surface area contributed by atoms with Gasteiger partial charge in [-0.25, -0.2) is 9.78 Å². The zero-order valence-corrected chi connectivity index (χ0v) is 6.55. The van der Waals surface area contributed by atoms with Crippen molar-refractivity contribution in [3.63, 3.8) is 0 Å². The summed E-state index contributed by atoms with van der Waals surface area (Å²) in [6.07, 6.45) is 0.531. The van der Waals surface area contributed by atoms with Gasteiger partial charge >= 0.3 is 5.97 Å². The molecule has 0 fully saturated rings. The van der Waals surface area contributed by atoms with Gasteiger partial charge in [-0.3, -0.25) is 4.79 Å². The van der Waals surface area contributed by atoms with E-state index in [2.05, 4.69) is 9.72 Å². The summed E-state index contributed by atoms with van der Waals surface area (Å²) in [5, 5.41) is 0. The molecule has 0 N–H and O–H groups in total. The summed E-state index contributed by atoms with van der Waals surface area (Å²) in [6.45, 7) is 0. The summed E-state index contributed by atoms with van der Waals surface area (Å²) >= 11 is 1.09. The number of carbonyl (C=O) groups excluding carboxylic acids is 2. The van der Waals surface area contributed by atoms with Gasteiger partial charge < -0.3 is 4.74 Å². The van der Waals surface area contributed by atoms with Crippen LogP contribution in [-0.4, -0.2) is 24.3 Å². The highest BCUT2D eigenvalue weighted by atomic mass is 32.1. The lowest BCUT2D eigenvalue weighted by atomic mass is 10.4. The van der Waals surface area contributed by atoms with Crippen LogP contribution in [0.3, 0.4) is 0 Å². The van der Waals surface area contributed by atoms with Gasteiger partial charge in [-0.2, -0.15) is 0 Å². The summed E-state index contributed by atoms with van der Waals surface area (Å²) in [4.78, 5) is 25.0. The van der Waals surface area contributed by atoms with Crippen molar-refractivity contribution in [2.24, 2.45) is 0 Å². The Morgan fingerprint density at radius 2 is 2.55 bits per heavy atom. The maximum Gasteiger partial charge on any atom is 0.350 e. The number of methoxy groups -OCH3 is 1. The number of nitrogens with zero attached hydrogens (tertiary/aromatic N) is 1. The van der Waals surface area contributed by atoms with Crippen molar-refractivity contribution in [1.82, 2.24) is 4.98 Å². The molecule has 0 aliphatic carbocycles. The molecule has 0 aromatic carbocycles. The first-order valence-corrected chi connectivity index (χ1v) is 3.64. The van der Waals surface area contributed by atoms with E-state index in [0.717, 1.165) is 11.3 Å². The maximum absolute atomic E-state index is 10.8. The number of esters is 1. The molecule has 0 saturated carbocycles. The van der Waals surface area contributed by atoms with E-state index >= 15 is 0 Å². The molecule has 11 heavy (non-hydrogen) atoms. The smallest absolute Gasteiger partial charge is 0.350 e. The van der Waals surface area contributed by atoms with Crippen LogP contribution in [0, 0.1) is 0 Å². The zero-order chi connectivity index (χ0) is 8.27. The van der Waals surface area contributed by atoms with E-state index in [1.54, 1.807) is 0 Å². The Balaban J connectivity index is 3.01. The number of rotatable bonds is 2. The number of aldehydes is 1. The van der Waals surface area contributed by atoms with E-state index in [1.165, 1.54) is 12.6 Å². The summed E-state index contributed by atoms with van der Waals surface area (Å²) < 4.78 is 4.41. The standard InChI is InChI=1S/C6H5NO3S/c1-10-6(9)5-4(2-8)7-3-11-5/h2-3H,1H3. The average molecular weight is 171 g/mol. The van der Waals surface area contributed by atoms with E-state index in [-0.39, 0.29) is 10.6 Å². The number of thiazole rings is 1. The molecule has 4 nitrogen and oxygen atoms in total. The fraction of sp³-hybridized carbons (Fsp3) is 0.167. The highest BCUT2D eigenvalue weighted by Crippen LogP contribution is 2.11. The topological polar surface area (TPSA) is 56.3 Å². The molecule has 1 rings (SSSR count). The Hall–Kier alpha value is -1.23. The lowest BCUT2D eigenvalue weighted by Gasteiger charge is -1.92. The monoisotopic (exact) mass is 171 g/mol. The molecule has 1 heterocycles. The molecular weight excluding hydrogens is 166 g/mol. The lowest BCUT2D eigenvalue weighted by Crippen LogP contribution is -2.01. The third-order valence-corrected chi connectivity index (χ3v) is 1.90. The second-order valence-electron chi connectivity index (χ2n) is 1.68. The second kappa shape index (κ2) is 3.25. The number of aromatic nitrogens is 1. The van der Waals surface area contributed by atoms with E-state index in [4.69, 9.17) is 0 Å². The van der Waals surface area contributed by atoms with Crippen LogP contribution in [0.4, 0.5) is 0 Å². The van der Waals surface area contributed by atoms with Crippen LogP contribution in [-0.2, 0) is 4.74 Å². The molecule has 0 spiro atoms. The van der Waals surface area contributed by atoms with E-state index in [9.17, 15) is 9.59 Å². The van der Waals surface area contributed by atoms with Crippen molar-refractivity contribution in [3.05, 3.63) is 16.1 Å². The van der Waals surface area contributed by atoms with Gasteiger partial charge in [0, 0.05) is 0 Å². The Morgan fingerprint density at radius 1 is 1.82 bits per heavy atom. The van der Waals surface area contributed by atoms with Crippen LogP contribution in [0.5, 0.6) is 0 Å². The minimum Gasteiger partial charge on any atom is -0.465 e. The van der Waals surface area contributed by atoms with Crippen molar-refractivity contribution in [2.75, 3.05) is 7.11 Å². The number of hydrogen-bond acceptors (Lipinski definition) is 5. The Bertz CT molecular complexity index is 281. The zero-order valence-electron chi connectivity index (χ0n) is 5.73. The predicted octanol–water partition coefficient (Wildman–Crippen LogP) is 0.742. The molecule has 5 heteroatoms. The van der Waals surface area contributed by atoms with E-state index in [1.807, 2.05) is 0 Å². The summed E-state index contributed by atoms with van der Waals surface area (Å²) in [6, 6.07) is 0. The van der Waals surface area contributed by atoms with Gasteiger partial charge in [-0.1, -0.05) is 0 Å². The second-order valence-corrected chi connectivity index (χ2v) is 2.53. The molecule has 0 aliphatic rings. The maximum atomic E-state index is 10.8. The first-order chi connectivity index (χ1) is 5.29. The molecule has 0 radical (unpaired) electrons. The summed E-state index contributed by atoms with van der Waals surface area (Å²) in [5.41, 5.74) is 1.57. The molecular formula is C6H5NO3S. The van der Waals surface area contributed by atoms with Crippen molar-refractivity contribution in [2.45, 2.75) is 0 Å². The summed E-state index contributed by atoms with van der Waals surface area (Å²) in [7, 11) is 1.26. The van der Waals surface area contributed by atoms with Gasteiger partial charge in [-0.05, 0) is 0 Å². The Morgan fingerprint density at radius 3 is 3.09 bits per heavy atom. The van der Waals surface area contributed by atoms with Gasteiger partial charge in [0.2, 0.25) is 0 Å². The van der Waals surface area contributed by atoms with Crippen molar-refractivity contribution >= 4 is 23.6 Å². The summed E-state index contributed by atoms with van der Waals surface area (Å²) in [5.74, 6) is -0.519. The molecule has 0 unspecified atom stereocenters. The van der Waals surface area contributed by atoms with Crippen LogP contribution in [0.25, 0.3) is 0 Å². The average Bonchev–Trinajstić information content (AvgIpc) is 2.50. The highest BCUT2D eigenvalue weighted by Gasteiger charge is 2.13. The van der Waals surface area contributed by atoms with Gasteiger partial charge in [0.05, 0.1) is 12.6 Å². The number of carbonyl (C=O) groups is 2. The Kier molecular flexibility index (Phi) is 2.32. The Labute approximate surface area is 66.8 Å². The molecule has 0 amide bonds. The molecule has 0 aliphatic heterocycles. The van der Waals surface area contributed by atoms with Gasteiger partial charge in [0.1, 0.15) is 10.6 Å². The third kappa shape index (κ3) is 1.43. The van der Waals surface area contributed by atoms with Crippen LogP contribution in [0.1, 0.15) is 20.2 Å². The highest BCUT2D eigenvalue weighted by molar-refractivity contribution is 7.12. The van der Waals surface area contributed by atoms with Crippen molar-refractivity contribution in [1.29, 1.82) is 0 Å². The number of ether oxygens (including phenoxy) is 1. The van der Waals surface area contributed by atoms with Gasteiger partial charge in [0.25, 0.3) is 0 Å². The minimum atomic E-state index is -0.519. The van der Waals surface area contributed by atoms with Gasteiger partial charge in [-0.15, -0.1) is 11.3 Å². The lowest BCUT2D eigenvalue weighted by molar-refractivity contribution is 0.0603. The molecule has 0 saturated heterocycles. The van der Waals surface area contributed by atoms with Crippen LogP contribution in [0.2, 0.25) is 0 Å². The first-order valence-electron chi connectivity index (χ1n) is 2.76. The number of hydrogen-bond donors (Lipinski definition) is 0. The molecule has 1 aromatic rings. The van der Waals surface area contributed by atoms with Gasteiger partial charge in [0.15, 0.2) is 6.29 Å².